The summed E-state index contributed by atoms with van der Waals surface area (Å²) in [6.45, 7) is 3.86. The molecule has 18 heavy (non-hydrogen) atoms. The van der Waals surface area contributed by atoms with Crippen LogP contribution >= 0.6 is 31.9 Å². The highest BCUT2D eigenvalue weighted by molar-refractivity contribution is 9.09. The van der Waals surface area contributed by atoms with Crippen LogP contribution in [0, 0.1) is 5.41 Å². The van der Waals surface area contributed by atoms with Crippen LogP contribution in [0.4, 0.5) is 0 Å². The van der Waals surface area contributed by atoms with Crippen LogP contribution in [0.3, 0.4) is 0 Å². The molecule has 0 saturated heterocycles. The second kappa shape index (κ2) is 9.11. The van der Waals surface area contributed by atoms with Gasteiger partial charge in [0.15, 0.2) is 0 Å². The van der Waals surface area contributed by atoms with Crippen molar-refractivity contribution in [3.63, 3.8) is 0 Å². The van der Waals surface area contributed by atoms with Gasteiger partial charge in [0.1, 0.15) is 0 Å². The Morgan fingerprint density at radius 1 is 1.06 bits per heavy atom. The summed E-state index contributed by atoms with van der Waals surface area (Å²) in [7, 11) is 0. The van der Waals surface area contributed by atoms with Crippen molar-refractivity contribution in [2.45, 2.75) is 26.2 Å². The van der Waals surface area contributed by atoms with E-state index in [0.717, 1.165) is 43.1 Å². The maximum absolute atomic E-state index is 5.64. The third-order valence-corrected chi connectivity index (χ3v) is 5.49. The van der Waals surface area contributed by atoms with Gasteiger partial charge in [0, 0.05) is 23.9 Å². The number of benzene rings is 1. The van der Waals surface area contributed by atoms with E-state index in [2.05, 4.69) is 69.1 Å². The predicted molar refractivity (Wildman–Crippen MR) is 85.9 cm³/mol. The maximum atomic E-state index is 5.64. The molecule has 0 bridgehead atoms. The van der Waals surface area contributed by atoms with Crippen molar-refractivity contribution in [2.24, 2.45) is 5.41 Å². The average molecular weight is 378 g/mol. The van der Waals surface area contributed by atoms with Gasteiger partial charge in [0.05, 0.1) is 0 Å². The van der Waals surface area contributed by atoms with E-state index in [4.69, 9.17) is 4.74 Å². The number of hydrogen-bond acceptors (Lipinski definition) is 1. The smallest absolute Gasteiger partial charge is 0.0472 e. The van der Waals surface area contributed by atoms with Crippen LogP contribution in [0.5, 0.6) is 0 Å². The molecule has 0 unspecified atom stereocenters. The summed E-state index contributed by atoms with van der Waals surface area (Å²) in [6.07, 6.45) is 3.26. The van der Waals surface area contributed by atoms with Gasteiger partial charge in [-0.1, -0.05) is 69.1 Å². The van der Waals surface area contributed by atoms with Gasteiger partial charge in [-0.3, -0.25) is 0 Å². The molecule has 0 radical (unpaired) electrons. The van der Waals surface area contributed by atoms with Gasteiger partial charge in [-0.25, -0.2) is 0 Å². The van der Waals surface area contributed by atoms with Crippen LogP contribution in [0.15, 0.2) is 30.3 Å². The molecule has 1 rings (SSSR count). The molecule has 0 atom stereocenters. The fourth-order valence-electron chi connectivity index (χ4n) is 1.92. The van der Waals surface area contributed by atoms with E-state index in [1.54, 1.807) is 0 Å². The van der Waals surface area contributed by atoms with E-state index < -0.39 is 0 Å². The Bertz CT molecular complexity index is 310. The number of ether oxygens (including phenoxy) is 1. The van der Waals surface area contributed by atoms with Crippen molar-refractivity contribution >= 4 is 31.9 Å². The monoisotopic (exact) mass is 376 g/mol. The number of halogens is 2. The molecule has 0 aliphatic rings. The molecule has 0 aliphatic heterocycles. The maximum Gasteiger partial charge on any atom is 0.0472 e. The Balaban J connectivity index is 2.56. The standard InChI is InChI=1S/C15H22Br2O/c1-2-9-18-10-8-15(12-16,13-17)11-14-6-4-3-5-7-14/h3-7H,2,8-13H2,1H3. The largest absolute Gasteiger partial charge is 0.381 e. The summed E-state index contributed by atoms with van der Waals surface area (Å²) in [5.41, 5.74) is 1.64. The molecule has 1 nitrogen and oxygen atoms in total. The van der Waals surface area contributed by atoms with Gasteiger partial charge in [-0.05, 0) is 30.2 Å². The SMILES string of the molecule is CCCOCCC(CBr)(CBr)Cc1ccccc1. The van der Waals surface area contributed by atoms with Crippen LogP contribution in [-0.2, 0) is 11.2 Å². The lowest BCUT2D eigenvalue weighted by Crippen LogP contribution is -2.29. The second-order valence-corrected chi connectivity index (χ2v) is 5.91. The minimum atomic E-state index is 0.245. The lowest BCUT2D eigenvalue weighted by Gasteiger charge is -2.30. The molecule has 0 heterocycles. The van der Waals surface area contributed by atoms with Crippen LogP contribution in [0.1, 0.15) is 25.3 Å². The molecule has 0 aliphatic carbocycles. The summed E-state index contributed by atoms with van der Waals surface area (Å²) < 4.78 is 5.64. The summed E-state index contributed by atoms with van der Waals surface area (Å²) in [6, 6.07) is 10.7. The molecule has 0 saturated carbocycles. The number of alkyl halides is 2. The Labute approximate surface area is 128 Å². The minimum Gasteiger partial charge on any atom is -0.381 e. The summed E-state index contributed by atoms with van der Waals surface area (Å²) in [4.78, 5) is 0. The molecule has 0 amide bonds. The third-order valence-electron chi connectivity index (χ3n) is 3.11. The molecular formula is C15H22Br2O. The highest BCUT2D eigenvalue weighted by Crippen LogP contribution is 2.32. The van der Waals surface area contributed by atoms with E-state index in [1.165, 1.54) is 5.56 Å². The molecule has 3 heteroatoms. The summed E-state index contributed by atoms with van der Waals surface area (Å²) in [5, 5.41) is 1.99. The van der Waals surface area contributed by atoms with Crippen molar-refractivity contribution in [3.8, 4) is 0 Å². The highest BCUT2D eigenvalue weighted by atomic mass is 79.9. The highest BCUT2D eigenvalue weighted by Gasteiger charge is 2.27. The fraction of sp³-hybridized carbons (Fsp3) is 0.600. The van der Waals surface area contributed by atoms with Crippen molar-refractivity contribution in [1.82, 2.24) is 0 Å². The Morgan fingerprint density at radius 2 is 1.72 bits per heavy atom. The Kier molecular flexibility index (Phi) is 8.20. The van der Waals surface area contributed by atoms with Crippen LogP contribution in [0.25, 0.3) is 0 Å². The van der Waals surface area contributed by atoms with Gasteiger partial charge in [-0.15, -0.1) is 0 Å². The first-order valence-corrected chi connectivity index (χ1v) is 8.74. The van der Waals surface area contributed by atoms with Crippen LogP contribution in [-0.4, -0.2) is 23.9 Å². The summed E-state index contributed by atoms with van der Waals surface area (Å²) in [5.74, 6) is 0. The zero-order valence-electron chi connectivity index (χ0n) is 11.0. The van der Waals surface area contributed by atoms with Gasteiger partial charge in [0.25, 0.3) is 0 Å². The van der Waals surface area contributed by atoms with Crippen LogP contribution in [0.2, 0.25) is 0 Å². The van der Waals surface area contributed by atoms with E-state index in [0.29, 0.717) is 0 Å². The Hall–Kier alpha value is 0.140. The molecule has 0 spiro atoms. The van der Waals surface area contributed by atoms with Crippen LogP contribution < -0.4 is 0 Å². The quantitative estimate of drug-likeness (QED) is 0.442. The normalized spacial score (nSPS) is 11.7. The molecular weight excluding hydrogens is 356 g/mol. The first-order chi connectivity index (χ1) is 8.76. The predicted octanol–water partition coefficient (Wildman–Crippen LogP) is 4.82. The van der Waals surface area contributed by atoms with E-state index in [9.17, 15) is 0 Å². The molecule has 1 aromatic rings. The zero-order valence-corrected chi connectivity index (χ0v) is 14.2. The molecule has 0 aromatic heterocycles. The zero-order chi connectivity index (χ0) is 13.3. The number of hydrogen-bond donors (Lipinski definition) is 0. The van der Waals surface area contributed by atoms with Crippen molar-refractivity contribution in [1.29, 1.82) is 0 Å². The van der Waals surface area contributed by atoms with E-state index in [1.807, 2.05) is 0 Å². The number of rotatable bonds is 9. The average Bonchev–Trinajstić information content (AvgIpc) is 2.43. The minimum absolute atomic E-state index is 0.245. The topological polar surface area (TPSA) is 9.23 Å². The van der Waals surface area contributed by atoms with Gasteiger partial charge in [0.2, 0.25) is 0 Å². The fourth-order valence-corrected chi connectivity index (χ4v) is 3.80. The van der Waals surface area contributed by atoms with Crippen molar-refractivity contribution in [3.05, 3.63) is 35.9 Å². The molecule has 0 N–H and O–H groups in total. The van der Waals surface area contributed by atoms with Gasteiger partial charge in [-0.2, -0.15) is 0 Å². The van der Waals surface area contributed by atoms with Crippen molar-refractivity contribution < 1.29 is 4.74 Å². The summed E-state index contributed by atoms with van der Waals surface area (Å²) >= 11 is 7.35. The van der Waals surface area contributed by atoms with E-state index >= 15 is 0 Å². The van der Waals surface area contributed by atoms with Gasteiger partial charge < -0.3 is 4.74 Å². The lowest BCUT2D eigenvalue weighted by atomic mass is 9.83. The third kappa shape index (κ3) is 5.41. The molecule has 0 fully saturated rings. The van der Waals surface area contributed by atoms with Gasteiger partial charge >= 0.3 is 0 Å². The lowest BCUT2D eigenvalue weighted by molar-refractivity contribution is 0.107. The first kappa shape index (κ1) is 16.2. The molecule has 102 valence electrons. The molecule has 1 aromatic carbocycles. The van der Waals surface area contributed by atoms with E-state index in [-0.39, 0.29) is 5.41 Å². The second-order valence-electron chi connectivity index (χ2n) is 4.79. The van der Waals surface area contributed by atoms with Crippen molar-refractivity contribution in [2.75, 3.05) is 23.9 Å². The first-order valence-electron chi connectivity index (χ1n) is 6.50. The Morgan fingerprint density at radius 3 is 2.28 bits per heavy atom.